The quantitative estimate of drug-likeness (QED) is 0.889. The zero-order valence-corrected chi connectivity index (χ0v) is 11.0. The van der Waals surface area contributed by atoms with Crippen molar-refractivity contribution in [2.24, 2.45) is 0 Å². The van der Waals surface area contributed by atoms with E-state index in [0.717, 1.165) is 6.26 Å². The number of rotatable bonds is 4. The molecule has 0 unspecified atom stereocenters. The number of ether oxygens (including phenoxy) is 1. The summed E-state index contributed by atoms with van der Waals surface area (Å²) in [6.07, 6.45) is 1.97. The van der Waals surface area contributed by atoms with Crippen LogP contribution in [-0.4, -0.2) is 32.9 Å². The summed E-state index contributed by atoms with van der Waals surface area (Å²) in [6, 6.07) is 4.70. The summed E-state index contributed by atoms with van der Waals surface area (Å²) in [7, 11) is -2.17. The summed E-state index contributed by atoms with van der Waals surface area (Å²) in [6.45, 7) is 0. The zero-order chi connectivity index (χ0) is 13.6. The minimum Gasteiger partial charge on any atom is -0.495 e. The molecule has 1 fully saturated rings. The molecule has 0 amide bonds. The molecule has 0 atom stereocenters. The van der Waals surface area contributed by atoms with Crippen molar-refractivity contribution in [1.82, 2.24) is 0 Å². The highest BCUT2D eigenvalue weighted by molar-refractivity contribution is 7.90. The standard InChI is InChI=1S/C12H14O5S/c1-17-9-5-3-4-8(10(9)18(2,15)16)12(6-7-12)11(13)14/h3-5H,6-7H2,1-2H3,(H,13,14). The number of methoxy groups -OCH3 is 1. The van der Waals surface area contributed by atoms with Crippen molar-refractivity contribution < 1.29 is 23.1 Å². The number of hydrogen-bond donors (Lipinski definition) is 1. The molecular formula is C12H14O5S. The molecule has 5 nitrogen and oxygen atoms in total. The van der Waals surface area contributed by atoms with Gasteiger partial charge in [-0.25, -0.2) is 8.42 Å². The Morgan fingerprint density at radius 3 is 2.39 bits per heavy atom. The number of hydrogen-bond acceptors (Lipinski definition) is 4. The minimum atomic E-state index is -3.54. The van der Waals surface area contributed by atoms with Crippen LogP contribution >= 0.6 is 0 Å². The van der Waals surface area contributed by atoms with E-state index in [0.29, 0.717) is 18.4 Å². The van der Waals surface area contributed by atoms with Gasteiger partial charge >= 0.3 is 5.97 Å². The predicted octanol–water partition coefficient (Wildman–Crippen LogP) is 1.21. The lowest BCUT2D eigenvalue weighted by Crippen LogP contribution is -2.22. The van der Waals surface area contributed by atoms with E-state index in [1.165, 1.54) is 13.2 Å². The molecular weight excluding hydrogens is 256 g/mol. The normalized spacial score (nSPS) is 17.2. The van der Waals surface area contributed by atoms with Crippen LogP contribution in [0.5, 0.6) is 5.75 Å². The third-order valence-electron chi connectivity index (χ3n) is 3.24. The van der Waals surface area contributed by atoms with E-state index in [9.17, 15) is 18.3 Å². The first-order valence-corrected chi connectivity index (χ1v) is 7.33. The van der Waals surface area contributed by atoms with Crippen LogP contribution in [0, 0.1) is 0 Å². The molecule has 2 rings (SSSR count). The Morgan fingerprint density at radius 2 is 2.00 bits per heavy atom. The van der Waals surface area contributed by atoms with Crippen LogP contribution < -0.4 is 4.74 Å². The van der Waals surface area contributed by atoms with Gasteiger partial charge in [0.05, 0.1) is 12.5 Å². The average molecular weight is 270 g/mol. The average Bonchev–Trinajstić information content (AvgIpc) is 3.07. The van der Waals surface area contributed by atoms with E-state index in [1.54, 1.807) is 12.1 Å². The van der Waals surface area contributed by atoms with Gasteiger partial charge in [-0.3, -0.25) is 4.79 Å². The second kappa shape index (κ2) is 3.98. The van der Waals surface area contributed by atoms with Crippen molar-refractivity contribution >= 4 is 15.8 Å². The summed E-state index contributed by atoms with van der Waals surface area (Å²) in [4.78, 5) is 11.3. The first kappa shape index (κ1) is 12.9. The fraction of sp³-hybridized carbons (Fsp3) is 0.417. The van der Waals surface area contributed by atoms with E-state index in [2.05, 4.69) is 0 Å². The van der Waals surface area contributed by atoms with Crippen LogP contribution in [0.4, 0.5) is 0 Å². The van der Waals surface area contributed by atoms with Crippen molar-refractivity contribution in [2.45, 2.75) is 23.2 Å². The lowest BCUT2D eigenvalue weighted by molar-refractivity contribution is -0.140. The Kier molecular flexibility index (Phi) is 2.85. The maximum absolute atomic E-state index is 11.9. The van der Waals surface area contributed by atoms with Gasteiger partial charge in [0.15, 0.2) is 9.84 Å². The van der Waals surface area contributed by atoms with Crippen LogP contribution in [0.3, 0.4) is 0 Å². The first-order valence-electron chi connectivity index (χ1n) is 5.44. The van der Waals surface area contributed by atoms with Crippen LogP contribution in [0.1, 0.15) is 18.4 Å². The summed E-state index contributed by atoms with van der Waals surface area (Å²) >= 11 is 0. The monoisotopic (exact) mass is 270 g/mol. The fourth-order valence-corrected chi connectivity index (χ4v) is 3.34. The Balaban J connectivity index is 2.73. The van der Waals surface area contributed by atoms with Crippen molar-refractivity contribution in [3.63, 3.8) is 0 Å². The Hall–Kier alpha value is -1.56. The van der Waals surface area contributed by atoms with Crippen molar-refractivity contribution in [3.05, 3.63) is 23.8 Å². The van der Waals surface area contributed by atoms with E-state index < -0.39 is 21.2 Å². The summed E-state index contributed by atoms with van der Waals surface area (Å²) < 4.78 is 28.8. The lowest BCUT2D eigenvalue weighted by atomic mass is 9.96. The van der Waals surface area contributed by atoms with Gasteiger partial charge in [0.2, 0.25) is 0 Å². The molecule has 0 saturated heterocycles. The number of benzene rings is 1. The molecule has 0 spiro atoms. The van der Waals surface area contributed by atoms with E-state index in [1.807, 2.05) is 0 Å². The van der Waals surface area contributed by atoms with Crippen molar-refractivity contribution in [2.75, 3.05) is 13.4 Å². The van der Waals surface area contributed by atoms with Crippen LogP contribution in [0.25, 0.3) is 0 Å². The molecule has 1 aromatic rings. The predicted molar refractivity (Wildman–Crippen MR) is 64.7 cm³/mol. The highest BCUT2D eigenvalue weighted by atomic mass is 32.2. The summed E-state index contributed by atoms with van der Waals surface area (Å²) in [5, 5.41) is 9.28. The molecule has 1 N–H and O–H groups in total. The molecule has 1 aliphatic rings. The third-order valence-corrected chi connectivity index (χ3v) is 4.41. The number of aliphatic carboxylic acids is 1. The molecule has 6 heteroatoms. The van der Waals surface area contributed by atoms with E-state index >= 15 is 0 Å². The fourth-order valence-electron chi connectivity index (χ4n) is 2.16. The van der Waals surface area contributed by atoms with Gasteiger partial charge < -0.3 is 9.84 Å². The Bertz CT molecular complexity index is 599. The van der Waals surface area contributed by atoms with Crippen LogP contribution in [0.2, 0.25) is 0 Å². The van der Waals surface area contributed by atoms with Crippen LogP contribution in [-0.2, 0) is 20.0 Å². The van der Waals surface area contributed by atoms with E-state index in [4.69, 9.17) is 4.74 Å². The zero-order valence-electron chi connectivity index (χ0n) is 10.1. The van der Waals surface area contributed by atoms with Gasteiger partial charge in [-0.1, -0.05) is 12.1 Å². The molecule has 1 aliphatic carbocycles. The lowest BCUT2D eigenvalue weighted by Gasteiger charge is -2.17. The molecule has 1 aromatic carbocycles. The highest BCUT2D eigenvalue weighted by Gasteiger charge is 2.54. The largest absolute Gasteiger partial charge is 0.495 e. The molecule has 0 aromatic heterocycles. The van der Waals surface area contributed by atoms with Gasteiger partial charge in [-0.05, 0) is 24.5 Å². The minimum absolute atomic E-state index is 0.00704. The summed E-state index contributed by atoms with van der Waals surface area (Å²) in [5.74, 6) is -0.789. The molecule has 0 bridgehead atoms. The maximum Gasteiger partial charge on any atom is 0.314 e. The molecule has 18 heavy (non-hydrogen) atoms. The molecule has 0 heterocycles. The second-order valence-corrected chi connectivity index (χ2v) is 6.45. The van der Waals surface area contributed by atoms with Crippen molar-refractivity contribution in [1.29, 1.82) is 0 Å². The number of carboxylic acid groups (broad SMARTS) is 1. The number of carbonyl (C=O) groups is 1. The topological polar surface area (TPSA) is 80.7 Å². The number of sulfone groups is 1. The van der Waals surface area contributed by atoms with Gasteiger partial charge in [-0.2, -0.15) is 0 Å². The van der Waals surface area contributed by atoms with Gasteiger partial charge in [-0.15, -0.1) is 0 Å². The van der Waals surface area contributed by atoms with Gasteiger partial charge in [0.25, 0.3) is 0 Å². The van der Waals surface area contributed by atoms with Gasteiger partial charge in [0.1, 0.15) is 10.6 Å². The first-order chi connectivity index (χ1) is 8.33. The molecule has 0 radical (unpaired) electrons. The molecule has 98 valence electrons. The second-order valence-electron chi connectivity index (χ2n) is 4.50. The molecule has 1 saturated carbocycles. The molecule has 0 aliphatic heterocycles. The Morgan fingerprint density at radius 1 is 1.39 bits per heavy atom. The maximum atomic E-state index is 11.9. The highest BCUT2D eigenvalue weighted by Crippen LogP contribution is 2.51. The van der Waals surface area contributed by atoms with E-state index in [-0.39, 0.29) is 10.6 Å². The van der Waals surface area contributed by atoms with Crippen molar-refractivity contribution in [3.8, 4) is 5.75 Å². The number of carboxylic acids is 1. The Labute approximate surface area is 105 Å². The third kappa shape index (κ3) is 1.86. The van der Waals surface area contributed by atoms with Gasteiger partial charge in [0, 0.05) is 6.26 Å². The SMILES string of the molecule is COc1cccc(C2(C(=O)O)CC2)c1S(C)(=O)=O. The summed E-state index contributed by atoms with van der Waals surface area (Å²) in [5.41, 5.74) is -0.732. The van der Waals surface area contributed by atoms with Crippen LogP contribution in [0.15, 0.2) is 23.1 Å². The smallest absolute Gasteiger partial charge is 0.314 e.